The minimum absolute atomic E-state index is 0.0267. The maximum Gasteiger partial charge on any atom is 0.239 e. The van der Waals surface area contributed by atoms with E-state index in [9.17, 15) is 4.79 Å². The summed E-state index contributed by atoms with van der Waals surface area (Å²) in [5.41, 5.74) is 0.793. The molecule has 0 unspecified atom stereocenters. The van der Waals surface area contributed by atoms with Crippen LogP contribution in [0.5, 0.6) is 5.75 Å². The predicted octanol–water partition coefficient (Wildman–Crippen LogP) is 2.06. The molecular formula is C13H17ClN2O2. The normalized spacial score (nSPS) is 14.2. The van der Waals surface area contributed by atoms with Crippen molar-refractivity contribution in [3.63, 3.8) is 0 Å². The SMILES string of the molecule is COc1ccc(Cl)c(N(C)CC(=O)NC2CC2)c1. The molecule has 0 aromatic heterocycles. The Kier molecular flexibility index (Phi) is 3.97. The molecule has 1 amide bonds. The minimum Gasteiger partial charge on any atom is -0.497 e. The van der Waals surface area contributed by atoms with Crippen LogP contribution in [0.3, 0.4) is 0 Å². The van der Waals surface area contributed by atoms with Crippen molar-refractivity contribution >= 4 is 23.2 Å². The number of nitrogens with one attached hydrogen (secondary N) is 1. The number of anilines is 1. The van der Waals surface area contributed by atoms with Crippen molar-refractivity contribution < 1.29 is 9.53 Å². The van der Waals surface area contributed by atoms with E-state index >= 15 is 0 Å². The van der Waals surface area contributed by atoms with Gasteiger partial charge in [-0.05, 0) is 25.0 Å². The van der Waals surface area contributed by atoms with E-state index in [2.05, 4.69) is 5.32 Å². The lowest BCUT2D eigenvalue weighted by atomic mass is 10.2. The summed E-state index contributed by atoms with van der Waals surface area (Å²) in [5.74, 6) is 0.753. The number of nitrogens with zero attached hydrogens (tertiary/aromatic N) is 1. The van der Waals surface area contributed by atoms with Gasteiger partial charge in [-0.2, -0.15) is 0 Å². The number of likely N-dealkylation sites (N-methyl/N-ethyl adjacent to an activating group) is 1. The molecule has 1 aliphatic rings. The highest BCUT2D eigenvalue weighted by Crippen LogP contribution is 2.29. The number of hydrogen-bond donors (Lipinski definition) is 1. The largest absolute Gasteiger partial charge is 0.497 e. The van der Waals surface area contributed by atoms with Crippen LogP contribution in [-0.2, 0) is 4.79 Å². The summed E-state index contributed by atoms with van der Waals surface area (Å²) in [6, 6.07) is 5.77. The molecule has 0 radical (unpaired) electrons. The van der Waals surface area contributed by atoms with Crippen LogP contribution in [0.2, 0.25) is 5.02 Å². The molecule has 1 aliphatic carbocycles. The van der Waals surface area contributed by atoms with E-state index in [0.29, 0.717) is 17.6 Å². The van der Waals surface area contributed by atoms with Crippen LogP contribution in [0.15, 0.2) is 18.2 Å². The summed E-state index contributed by atoms with van der Waals surface area (Å²) in [5, 5.41) is 3.56. The predicted molar refractivity (Wildman–Crippen MR) is 72.4 cm³/mol. The van der Waals surface area contributed by atoms with E-state index in [4.69, 9.17) is 16.3 Å². The molecule has 0 heterocycles. The average Bonchev–Trinajstić information content (AvgIpc) is 3.13. The van der Waals surface area contributed by atoms with Crippen molar-refractivity contribution in [2.24, 2.45) is 0 Å². The quantitative estimate of drug-likeness (QED) is 0.889. The van der Waals surface area contributed by atoms with E-state index in [1.165, 1.54) is 0 Å². The van der Waals surface area contributed by atoms with Gasteiger partial charge in [0, 0.05) is 19.2 Å². The second kappa shape index (κ2) is 5.48. The topological polar surface area (TPSA) is 41.6 Å². The first-order chi connectivity index (χ1) is 8.60. The Hall–Kier alpha value is -1.42. The molecule has 1 fully saturated rings. The van der Waals surface area contributed by atoms with Crippen LogP contribution in [0.1, 0.15) is 12.8 Å². The van der Waals surface area contributed by atoms with Crippen molar-refractivity contribution in [3.8, 4) is 5.75 Å². The summed E-state index contributed by atoms with van der Waals surface area (Å²) in [6.45, 7) is 0.295. The van der Waals surface area contributed by atoms with Gasteiger partial charge in [-0.3, -0.25) is 4.79 Å². The highest BCUT2D eigenvalue weighted by atomic mass is 35.5. The van der Waals surface area contributed by atoms with Gasteiger partial charge in [-0.15, -0.1) is 0 Å². The van der Waals surface area contributed by atoms with Gasteiger partial charge in [0.15, 0.2) is 0 Å². The maximum atomic E-state index is 11.7. The molecule has 0 spiro atoms. The zero-order valence-electron chi connectivity index (χ0n) is 10.6. The first-order valence-corrected chi connectivity index (χ1v) is 6.32. The van der Waals surface area contributed by atoms with Gasteiger partial charge in [0.1, 0.15) is 5.75 Å². The maximum absolute atomic E-state index is 11.7. The number of ether oxygens (including phenoxy) is 1. The third kappa shape index (κ3) is 3.29. The molecule has 1 aromatic rings. The van der Waals surface area contributed by atoms with Crippen molar-refractivity contribution in [1.82, 2.24) is 5.32 Å². The molecule has 1 aromatic carbocycles. The number of halogens is 1. The Bertz CT molecular complexity index is 447. The zero-order valence-corrected chi connectivity index (χ0v) is 11.3. The van der Waals surface area contributed by atoms with Gasteiger partial charge < -0.3 is 15.0 Å². The molecule has 5 heteroatoms. The van der Waals surface area contributed by atoms with Gasteiger partial charge in [-0.25, -0.2) is 0 Å². The lowest BCUT2D eigenvalue weighted by Crippen LogP contribution is -2.36. The van der Waals surface area contributed by atoms with Crippen molar-refractivity contribution in [1.29, 1.82) is 0 Å². The van der Waals surface area contributed by atoms with Gasteiger partial charge in [0.25, 0.3) is 0 Å². The third-order valence-electron chi connectivity index (χ3n) is 2.89. The van der Waals surface area contributed by atoms with Gasteiger partial charge in [0.2, 0.25) is 5.91 Å². The molecule has 0 aliphatic heterocycles. The molecular weight excluding hydrogens is 252 g/mol. The van der Waals surface area contributed by atoms with E-state index in [0.717, 1.165) is 24.3 Å². The van der Waals surface area contributed by atoms with Crippen LogP contribution in [0.4, 0.5) is 5.69 Å². The van der Waals surface area contributed by atoms with E-state index in [1.54, 1.807) is 19.2 Å². The second-order valence-electron chi connectivity index (χ2n) is 4.52. The first-order valence-electron chi connectivity index (χ1n) is 5.94. The fraction of sp³-hybridized carbons (Fsp3) is 0.462. The van der Waals surface area contributed by atoms with Crippen molar-refractivity contribution in [2.75, 3.05) is 25.6 Å². The van der Waals surface area contributed by atoms with E-state index in [1.807, 2.05) is 18.0 Å². The number of benzene rings is 1. The highest BCUT2D eigenvalue weighted by molar-refractivity contribution is 6.33. The molecule has 98 valence electrons. The fourth-order valence-electron chi connectivity index (χ4n) is 1.71. The summed E-state index contributed by atoms with van der Waals surface area (Å²) in [4.78, 5) is 13.5. The average molecular weight is 269 g/mol. The number of amides is 1. The Morgan fingerprint density at radius 2 is 2.28 bits per heavy atom. The standard InChI is InChI=1S/C13H17ClN2O2/c1-16(8-13(17)15-9-3-4-9)12-7-10(18-2)5-6-11(12)14/h5-7,9H,3-4,8H2,1-2H3,(H,15,17). The van der Waals surface area contributed by atoms with Crippen LogP contribution in [-0.4, -0.2) is 32.7 Å². The molecule has 2 rings (SSSR count). The molecule has 0 saturated heterocycles. The fourth-order valence-corrected chi connectivity index (χ4v) is 1.98. The Morgan fingerprint density at radius 3 is 2.89 bits per heavy atom. The van der Waals surface area contributed by atoms with Crippen LogP contribution < -0.4 is 15.0 Å². The molecule has 1 saturated carbocycles. The summed E-state index contributed by atoms with van der Waals surface area (Å²) >= 11 is 6.12. The van der Waals surface area contributed by atoms with Crippen LogP contribution >= 0.6 is 11.6 Å². The van der Waals surface area contributed by atoms with Crippen molar-refractivity contribution in [2.45, 2.75) is 18.9 Å². The summed E-state index contributed by atoms with van der Waals surface area (Å²) in [7, 11) is 3.44. The lowest BCUT2D eigenvalue weighted by Gasteiger charge is -2.20. The molecule has 0 atom stereocenters. The number of carbonyl (C=O) groups excluding carboxylic acids is 1. The lowest BCUT2D eigenvalue weighted by molar-refractivity contribution is -0.119. The van der Waals surface area contributed by atoms with Crippen molar-refractivity contribution in [3.05, 3.63) is 23.2 Å². The minimum atomic E-state index is 0.0267. The Labute approximate surface area is 112 Å². The van der Waals surface area contributed by atoms with Gasteiger partial charge in [-0.1, -0.05) is 11.6 Å². The molecule has 0 bridgehead atoms. The van der Waals surface area contributed by atoms with Gasteiger partial charge in [0.05, 0.1) is 24.4 Å². The third-order valence-corrected chi connectivity index (χ3v) is 3.21. The molecule has 1 N–H and O–H groups in total. The number of rotatable bonds is 5. The van der Waals surface area contributed by atoms with Crippen LogP contribution in [0, 0.1) is 0 Å². The molecule has 18 heavy (non-hydrogen) atoms. The smallest absolute Gasteiger partial charge is 0.239 e. The summed E-state index contributed by atoms with van der Waals surface area (Å²) < 4.78 is 5.15. The van der Waals surface area contributed by atoms with E-state index in [-0.39, 0.29) is 5.91 Å². The van der Waals surface area contributed by atoms with Crippen LogP contribution in [0.25, 0.3) is 0 Å². The Balaban J connectivity index is 2.02. The number of carbonyl (C=O) groups is 1. The van der Waals surface area contributed by atoms with Gasteiger partial charge >= 0.3 is 0 Å². The number of hydrogen-bond acceptors (Lipinski definition) is 3. The van der Waals surface area contributed by atoms with E-state index < -0.39 is 0 Å². The zero-order chi connectivity index (χ0) is 13.1. The first kappa shape index (κ1) is 13.0. The summed E-state index contributed by atoms with van der Waals surface area (Å²) in [6.07, 6.45) is 2.19. The number of methoxy groups -OCH3 is 1. The molecule has 4 nitrogen and oxygen atoms in total. The highest BCUT2D eigenvalue weighted by Gasteiger charge is 2.23. The monoisotopic (exact) mass is 268 g/mol. The second-order valence-corrected chi connectivity index (χ2v) is 4.92. The Morgan fingerprint density at radius 1 is 1.56 bits per heavy atom.